The summed E-state index contributed by atoms with van der Waals surface area (Å²) in [6.07, 6.45) is 8.03. The highest BCUT2D eigenvalue weighted by atomic mass is 32.2. The van der Waals surface area contributed by atoms with Crippen LogP contribution in [-0.4, -0.2) is 54.9 Å². The monoisotopic (exact) mass is 526 g/mol. The standard InChI is InChI=1S/C28H38N4O4S/c1-27(2,19-33)31-24-11-10-23(25(30-24)32-16-14-28(12-13-28)15-17-32)29-26(34)20-6-5-9-22(18-20)37(35,36)21-7-3-4-8-21/h5-6,9-11,18,21,33H,3-4,7-8,12-17,19H2,1-2H3,(H,29,34)(H,30,31). The molecule has 3 N–H and O–H groups in total. The van der Waals surface area contributed by atoms with Crippen LogP contribution in [0.4, 0.5) is 17.3 Å². The van der Waals surface area contributed by atoms with Crippen molar-refractivity contribution in [1.82, 2.24) is 4.98 Å². The molecule has 1 amide bonds. The molecular formula is C28H38N4O4S. The van der Waals surface area contributed by atoms with Gasteiger partial charge in [-0.1, -0.05) is 18.9 Å². The molecule has 0 unspecified atom stereocenters. The minimum absolute atomic E-state index is 0.0468. The number of hydrogen-bond donors (Lipinski definition) is 3. The molecule has 1 aromatic carbocycles. The summed E-state index contributed by atoms with van der Waals surface area (Å²) < 4.78 is 26.2. The topological polar surface area (TPSA) is 112 Å². The molecule has 1 spiro atoms. The number of benzene rings is 1. The second kappa shape index (κ2) is 9.91. The molecule has 0 bridgehead atoms. The number of carbonyl (C=O) groups excluding carboxylic acids is 1. The van der Waals surface area contributed by atoms with Gasteiger partial charge in [-0.3, -0.25) is 4.79 Å². The molecule has 37 heavy (non-hydrogen) atoms. The van der Waals surface area contributed by atoms with Gasteiger partial charge in [-0.05, 0) is 88.1 Å². The first kappa shape index (κ1) is 26.0. The van der Waals surface area contributed by atoms with E-state index in [1.807, 2.05) is 19.9 Å². The molecule has 8 nitrogen and oxygen atoms in total. The molecule has 9 heteroatoms. The van der Waals surface area contributed by atoms with E-state index in [-0.39, 0.29) is 22.7 Å². The smallest absolute Gasteiger partial charge is 0.255 e. The van der Waals surface area contributed by atoms with E-state index < -0.39 is 15.4 Å². The molecule has 0 radical (unpaired) electrons. The maximum absolute atomic E-state index is 13.3. The molecule has 2 aliphatic carbocycles. The Hall–Kier alpha value is -2.65. The molecule has 200 valence electrons. The predicted molar refractivity (Wildman–Crippen MR) is 146 cm³/mol. The number of nitrogens with one attached hydrogen (secondary N) is 2. The van der Waals surface area contributed by atoms with Gasteiger partial charge >= 0.3 is 0 Å². The summed E-state index contributed by atoms with van der Waals surface area (Å²) >= 11 is 0. The number of anilines is 3. The van der Waals surface area contributed by atoms with E-state index in [1.54, 1.807) is 24.3 Å². The quantitative estimate of drug-likeness (QED) is 0.460. The second-order valence-corrected chi connectivity index (χ2v) is 13.9. The highest BCUT2D eigenvalue weighted by molar-refractivity contribution is 7.92. The maximum Gasteiger partial charge on any atom is 0.255 e. The SMILES string of the molecule is CC(C)(CO)Nc1ccc(NC(=O)c2cccc(S(=O)(=O)C3CCCC3)c2)c(N2CCC3(CC2)CC3)n1. The highest BCUT2D eigenvalue weighted by Gasteiger charge is 2.44. The zero-order chi connectivity index (χ0) is 26.3. The first-order valence-electron chi connectivity index (χ1n) is 13.4. The molecule has 5 rings (SSSR count). The van der Waals surface area contributed by atoms with Gasteiger partial charge in [0.05, 0.1) is 28.0 Å². The van der Waals surface area contributed by atoms with Crippen LogP contribution in [0, 0.1) is 5.41 Å². The van der Waals surface area contributed by atoms with Crippen molar-refractivity contribution in [2.75, 3.05) is 35.2 Å². The number of sulfone groups is 1. The lowest BCUT2D eigenvalue weighted by atomic mass is 9.93. The first-order valence-corrected chi connectivity index (χ1v) is 15.0. The number of aliphatic hydroxyl groups excluding tert-OH is 1. The number of piperidine rings is 1. The van der Waals surface area contributed by atoms with Crippen LogP contribution >= 0.6 is 0 Å². The molecule has 1 aromatic heterocycles. The van der Waals surface area contributed by atoms with Crippen LogP contribution in [0.25, 0.3) is 0 Å². The van der Waals surface area contributed by atoms with Crippen molar-refractivity contribution >= 4 is 33.1 Å². The van der Waals surface area contributed by atoms with E-state index in [1.165, 1.54) is 18.9 Å². The molecule has 3 fully saturated rings. The Kier molecular flexibility index (Phi) is 6.96. The molecule has 0 atom stereocenters. The Morgan fingerprint density at radius 2 is 1.81 bits per heavy atom. The Bertz CT molecular complexity index is 1260. The fourth-order valence-electron chi connectivity index (χ4n) is 5.51. The van der Waals surface area contributed by atoms with Crippen molar-refractivity contribution in [2.45, 2.75) is 80.9 Å². The third kappa shape index (κ3) is 5.62. The van der Waals surface area contributed by atoms with E-state index in [0.717, 1.165) is 38.8 Å². The van der Waals surface area contributed by atoms with E-state index >= 15 is 0 Å². The molecular weight excluding hydrogens is 488 g/mol. The van der Waals surface area contributed by atoms with Gasteiger partial charge in [0.1, 0.15) is 5.82 Å². The lowest BCUT2D eigenvalue weighted by Crippen LogP contribution is -2.37. The predicted octanol–water partition coefficient (Wildman–Crippen LogP) is 4.61. The summed E-state index contributed by atoms with van der Waals surface area (Å²) in [5.41, 5.74) is 0.859. The number of nitrogens with zero attached hydrogens (tertiary/aromatic N) is 2. The zero-order valence-electron chi connectivity index (χ0n) is 21.8. The molecule has 2 saturated carbocycles. The number of hydrogen-bond acceptors (Lipinski definition) is 7. The van der Waals surface area contributed by atoms with E-state index in [4.69, 9.17) is 4.98 Å². The summed E-state index contributed by atoms with van der Waals surface area (Å²) in [6, 6.07) is 9.99. The van der Waals surface area contributed by atoms with Crippen molar-refractivity contribution in [1.29, 1.82) is 0 Å². The fourth-order valence-corrected chi connectivity index (χ4v) is 7.41. The van der Waals surface area contributed by atoms with Crippen molar-refractivity contribution in [3.8, 4) is 0 Å². The van der Waals surface area contributed by atoms with Crippen LogP contribution in [0.3, 0.4) is 0 Å². The second-order valence-electron chi connectivity index (χ2n) is 11.7. The van der Waals surface area contributed by atoms with Crippen LogP contribution in [0.2, 0.25) is 0 Å². The Morgan fingerprint density at radius 1 is 1.11 bits per heavy atom. The van der Waals surface area contributed by atoms with Gasteiger partial charge in [0.15, 0.2) is 15.7 Å². The van der Waals surface area contributed by atoms with Gasteiger partial charge in [0.2, 0.25) is 0 Å². The van der Waals surface area contributed by atoms with Gasteiger partial charge in [-0.25, -0.2) is 13.4 Å². The molecule has 3 aliphatic rings. The lowest BCUT2D eigenvalue weighted by molar-refractivity contribution is 0.102. The summed E-state index contributed by atoms with van der Waals surface area (Å²) in [4.78, 5) is 20.6. The van der Waals surface area contributed by atoms with Gasteiger partial charge in [0.25, 0.3) is 5.91 Å². The number of pyridine rings is 1. The number of rotatable bonds is 8. The summed E-state index contributed by atoms with van der Waals surface area (Å²) in [6.45, 7) is 5.49. The summed E-state index contributed by atoms with van der Waals surface area (Å²) in [5, 5.41) is 15.6. The van der Waals surface area contributed by atoms with Crippen molar-refractivity contribution < 1.29 is 18.3 Å². The molecule has 2 aromatic rings. The molecule has 1 aliphatic heterocycles. The number of amides is 1. The molecule has 2 heterocycles. The van der Waals surface area contributed by atoms with Crippen LogP contribution in [0.5, 0.6) is 0 Å². The van der Waals surface area contributed by atoms with Crippen molar-refractivity contribution in [2.24, 2.45) is 5.41 Å². The lowest BCUT2D eigenvalue weighted by Gasteiger charge is -2.34. The average molecular weight is 527 g/mol. The first-order chi connectivity index (χ1) is 17.6. The Balaban J connectivity index is 1.40. The average Bonchev–Trinajstić information content (AvgIpc) is 3.39. The number of carbonyl (C=O) groups is 1. The zero-order valence-corrected chi connectivity index (χ0v) is 22.6. The van der Waals surface area contributed by atoms with Gasteiger partial charge in [0, 0.05) is 18.7 Å². The summed E-state index contributed by atoms with van der Waals surface area (Å²) in [5.74, 6) is 0.958. The van der Waals surface area contributed by atoms with Gasteiger partial charge in [-0.15, -0.1) is 0 Å². The van der Waals surface area contributed by atoms with Crippen LogP contribution < -0.4 is 15.5 Å². The highest BCUT2D eigenvalue weighted by Crippen LogP contribution is 2.54. The third-order valence-electron chi connectivity index (χ3n) is 8.23. The number of aliphatic hydroxyl groups is 1. The van der Waals surface area contributed by atoms with Crippen LogP contribution in [0.1, 0.15) is 75.6 Å². The van der Waals surface area contributed by atoms with Gasteiger partial charge in [-0.2, -0.15) is 0 Å². The van der Waals surface area contributed by atoms with Crippen LogP contribution in [0.15, 0.2) is 41.3 Å². The van der Waals surface area contributed by atoms with Gasteiger partial charge < -0.3 is 20.6 Å². The normalized spacial score (nSPS) is 19.7. The number of aromatic nitrogens is 1. The largest absolute Gasteiger partial charge is 0.394 e. The Labute approximate surface area is 219 Å². The van der Waals surface area contributed by atoms with E-state index in [2.05, 4.69) is 15.5 Å². The maximum atomic E-state index is 13.3. The minimum atomic E-state index is -3.45. The van der Waals surface area contributed by atoms with E-state index in [0.29, 0.717) is 41.1 Å². The minimum Gasteiger partial charge on any atom is -0.394 e. The summed E-state index contributed by atoms with van der Waals surface area (Å²) in [7, 11) is -3.45. The van der Waals surface area contributed by atoms with Crippen molar-refractivity contribution in [3.63, 3.8) is 0 Å². The molecule has 1 saturated heterocycles. The van der Waals surface area contributed by atoms with Crippen molar-refractivity contribution in [3.05, 3.63) is 42.0 Å². The van der Waals surface area contributed by atoms with E-state index in [9.17, 15) is 18.3 Å². The third-order valence-corrected chi connectivity index (χ3v) is 10.5. The fraction of sp³-hybridized carbons (Fsp3) is 0.571. The Morgan fingerprint density at radius 3 is 2.46 bits per heavy atom. The van der Waals surface area contributed by atoms with Crippen LogP contribution in [-0.2, 0) is 9.84 Å².